The van der Waals surface area contributed by atoms with Gasteiger partial charge in [0.1, 0.15) is 0 Å². The first-order chi connectivity index (χ1) is 7.41. The fourth-order valence-electron chi connectivity index (χ4n) is 1.45. The molecule has 0 aliphatic heterocycles. The second-order valence-electron chi connectivity index (χ2n) is 4.01. The first-order valence-electron chi connectivity index (χ1n) is 6.51. The third-order valence-corrected chi connectivity index (χ3v) is 2.42. The maximum Gasteiger partial charge on any atom is -0.0348 e. The minimum absolute atomic E-state index is 1.02. The molecule has 0 unspecified atom stereocenters. The van der Waals surface area contributed by atoms with Gasteiger partial charge in [0.2, 0.25) is 0 Å². The van der Waals surface area contributed by atoms with Crippen LogP contribution in [0.1, 0.15) is 64.7 Å². The molecule has 0 bridgehead atoms. The van der Waals surface area contributed by atoms with Crippen molar-refractivity contribution in [2.75, 3.05) is 0 Å². The summed E-state index contributed by atoms with van der Waals surface area (Å²) < 4.78 is 0. The largest absolute Gasteiger partial charge is 0.0885 e. The quantitative estimate of drug-likeness (QED) is 0.329. The lowest BCUT2D eigenvalue weighted by Gasteiger charge is -1.93. The fraction of sp³-hybridized carbons (Fsp3) is 0.667. The Morgan fingerprint density at radius 3 is 1.80 bits per heavy atom. The highest BCUT2D eigenvalue weighted by molar-refractivity contribution is 4.85. The molecule has 0 aromatic heterocycles. The van der Waals surface area contributed by atoms with Gasteiger partial charge in [-0.3, -0.25) is 0 Å². The zero-order valence-electron chi connectivity index (χ0n) is 10.4. The molecule has 0 fully saturated rings. The van der Waals surface area contributed by atoms with Gasteiger partial charge in [0.25, 0.3) is 0 Å². The van der Waals surface area contributed by atoms with E-state index in [0.29, 0.717) is 0 Å². The summed E-state index contributed by atoms with van der Waals surface area (Å²) in [6.45, 7) is 6.06. The first-order valence-corrected chi connectivity index (χ1v) is 6.51. The van der Waals surface area contributed by atoms with E-state index in [-0.39, 0.29) is 0 Å². The molecule has 0 saturated heterocycles. The van der Waals surface area contributed by atoms with Crippen molar-refractivity contribution >= 4 is 0 Å². The summed E-state index contributed by atoms with van der Waals surface area (Å²) in [6.07, 6.45) is 20.4. The number of allylic oxidation sites excluding steroid dienone is 4. The molecule has 0 spiro atoms. The zero-order valence-corrected chi connectivity index (χ0v) is 10.4. The van der Waals surface area contributed by atoms with Gasteiger partial charge in [-0.25, -0.2) is 0 Å². The van der Waals surface area contributed by atoms with Crippen molar-refractivity contribution in [2.45, 2.75) is 64.7 Å². The Morgan fingerprint density at radius 1 is 0.733 bits per heavy atom. The second-order valence-corrected chi connectivity index (χ2v) is 4.01. The van der Waals surface area contributed by atoms with Crippen LogP contribution in [0, 0.1) is 6.92 Å². The molecule has 0 N–H and O–H groups in total. The van der Waals surface area contributed by atoms with Crippen LogP contribution in [0.2, 0.25) is 0 Å². The van der Waals surface area contributed by atoms with Crippen molar-refractivity contribution < 1.29 is 0 Å². The van der Waals surface area contributed by atoms with Crippen molar-refractivity contribution in [1.82, 2.24) is 0 Å². The highest BCUT2D eigenvalue weighted by atomic mass is 13.9. The zero-order chi connectivity index (χ0) is 11.2. The molecule has 0 nitrogen and oxygen atoms in total. The molecule has 87 valence electrons. The van der Waals surface area contributed by atoms with Crippen molar-refractivity contribution in [1.29, 1.82) is 0 Å². The second kappa shape index (κ2) is 13.5. The topological polar surface area (TPSA) is 0 Å². The Bertz CT molecular complexity index is 153. The molecule has 0 amide bonds. The molecular weight excluding hydrogens is 180 g/mol. The molecule has 1 radical (unpaired) electrons. The minimum atomic E-state index is 1.02. The summed E-state index contributed by atoms with van der Waals surface area (Å²) in [5, 5.41) is 0. The molecule has 0 saturated carbocycles. The van der Waals surface area contributed by atoms with E-state index in [4.69, 9.17) is 0 Å². The van der Waals surface area contributed by atoms with Gasteiger partial charge in [-0.15, -0.1) is 0 Å². The Morgan fingerprint density at radius 2 is 1.27 bits per heavy atom. The van der Waals surface area contributed by atoms with Crippen LogP contribution in [-0.4, -0.2) is 0 Å². The van der Waals surface area contributed by atoms with Crippen LogP contribution in [0.3, 0.4) is 0 Å². The lowest BCUT2D eigenvalue weighted by molar-refractivity contribution is 0.727. The standard InChI is InChI=1S/C15H27/c1-3-5-7-9-11-13-15-14-12-10-8-6-4-2/h7,9,12,14H,1,3-6,8,10-11,13,15H2,2H3. The Labute approximate surface area is 96.5 Å². The third-order valence-electron chi connectivity index (χ3n) is 2.42. The monoisotopic (exact) mass is 207 g/mol. The van der Waals surface area contributed by atoms with Crippen LogP contribution in [0.5, 0.6) is 0 Å². The summed E-state index contributed by atoms with van der Waals surface area (Å²) in [5.74, 6) is 0. The van der Waals surface area contributed by atoms with E-state index in [0.717, 1.165) is 12.8 Å². The minimum Gasteiger partial charge on any atom is -0.0885 e. The summed E-state index contributed by atoms with van der Waals surface area (Å²) in [6, 6.07) is 0. The van der Waals surface area contributed by atoms with E-state index in [2.05, 4.69) is 38.2 Å². The van der Waals surface area contributed by atoms with Crippen molar-refractivity contribution in [3.63, 3.8) is 0 Å². The van der Waals surface area contributed by atoms with E-state index in [1.165, 1.54) is 44.9 Å². The highest BCUT2D eigenvalue weighted by Crippen LogP contribution is 2.03. The Balaban J connectivity index is 3.09. The fourth-order valence-corrected chi connectivity index (χ4v) is 1.45. The van der Waals surface area contributed by atoms with Gasteiger partial charge < -0.3 is 0 Å². The first kappa shape index (κ1) is 14.5. The number of hydrogen-bond acceptors (Lipinski definition) is 0. The summed E-state index contributed by atoms with van der Waals surface area (Å²) >= 11 is 0. The Hall–Kier alpha value is -0.520. The van der Waals surface area contributed by atoms with E-state index in [1.807, 2.05) is 0 Å². The van der Waals surface area contributed by atoms with Gasteiger partial charge in [-0.2, -0.15) is 0 Å². The maximum absolute atomic E-state index is 3.81. The van der Waals surface area contributed by atoms with Crippen molar-refractivity contribution in [2.24, 2.45) is 0 Å². The van der Waals surface area contributed by atoms with Gasteiger partial charge in [0, 0.05) is 0 Å². The van der Waals surface area contributed by atoms with Crippen LogP contribution in [-0.2, 0) is 0 Å². The summed E-state index contributed by atoms with van der Waals surface area (Å²) in [7, 11) is 0. The van der Waals surface area contributed by atoms with E-state index in [1.54, 1.807) is 0 Å². The van der Waals surface area contributed by atoms with Gasteiger partial charge in [-0.1, -0.05) is 51.0 Å². The lowest BCUT2D eigenvalue weighted by atomic mass is 10.1. The van der Waals surface area contributed by atoms with Gasteiger partial charge in [0.15, 0.2) is 0 Å². The van der Waals surface area contributed by atoms with Crippen LogP contribution in [0.15, 0.2) is 24.3 Å². The molecule has 0 aliphatic rings. The van der Waals surface area contributed by atoms with E-state index in [9.17, 15) is 0 Å². The third kappa shape index (κ3) is 13.5. The molecule has 15 heavy (non-hydrogen) atoms. The highest BCUT2D eigenvalue weighted by Gasteiger charge is 1.83. The molecule has 0 aromatic carbocycles. The maximum atomic E-state index is 3.81. The SMILES string of the molecule is [CH2]CCC=CCCCC=CCCCCC. The smallest absolute Gasteiger partial charge is 0.0348 e. The van der Waals surface area contributed by atoms with Crippen LogP contribution >= 0.6 is 0 Å². The van der Waals surface area contributed by atoms with E-state index >= 15 is 0 Å². The van der Waals surface area contributed by atoms with Crippen LogP contribution in [0.25, 0.3) is 0 Å². The molecule has 0 rings (SSSR count). The van der Waals surface area contributed by atoms with Crippen LogP contribution in [0.4, 0.5) is 0 Å². The van der Waals surface area contributed by atoms with Gasteiger partial charge in [-0.05, 0) is 44.9 Å². The number of unbranched alkanes of at least 4 members (excludes halogenated alkanes) is 6. The van der Waals surface area contributed by atoms with Crippen molar-refractivity contribution in [3.8, 4) is 0 Å². The van der Waals surface area contributed by atoms with E-state index < -0.39 is 0 Å². The number of hydrogen-bond donors (Lipinski definition) is 0. The van der Waals surface area contributed by atoms with Gasteiger partial charge in [0.05, 0.1) is 0 Å². The van der Waals surface area contributed by atoms with Crippen molar-refractivity contribution in [3.05, 3.63) is 31.2 Å². The molecule has 0 heteroatoms. The van der Waals surface area contributed by atoms with Crippen LogP contribution < -0.4 is 0 Å². The average molecular weight is 207 g/mol. The molecular formula is C15H27. The molecule has 0 atom stereocenters. The molecule has 0 aromatic rings. The predicted octanol–water partition coefficient (Wildman–Crippen LogP) is 5.46. The summed E-state index contributed by atoms with van der Waals surface area (Å²) in [4.78, 5) is 0. The lowest BCUT2D eigenvalue weighted by Crippen LogP contribution is -1.72. The Kier molecular flexibility index (Phi) is 13.0. The predicted molar refractivity (Wildman–Crippen MR) is 70.9 cm³/mol. The summed E-state index contributed by atoms with van der Waals surface area (Å²) in [5.41, 5.74) is 0. The number of rotatable bonds is 10. The normalized spacial score (nSPS) is 11.9. The van der Waals surface area contributed by atoms with Gasteiger partial charge >= 0.3 is 0 Å². The molecule has 0 heterocycles. The average Bonchev–Trinajstić information content (AvgIpc) is 2.26. The molecule has 0 aliphatic carbocycles.